The number of pyridine rings is 1. The van der Waals surface area contributed by atoms with Gasteiger partial charge in [-0.2, -0.15) is 0 Å². The van der Waals surface area contributed by atoms with Crippen molar-refractivity contribution in [3.05, 3.63) is 78.1 Å². The molecule has 2 aromatic carbocycles. The van der Waals surface area contributed by atoms with Gasteiger partial charge in [0.15, 0.2) is 0 Å². The zero-order chi connectivity index (χ0) is 16.6. The molecule has 0 fully saturated rings. The maximum Gasteiger partial charge on any atom is 0.408 e. The maximum atomic E-state index is 11.6. The largest absolute Gasteiger partial charge is 0.445 e. The van der Waals surface area contributed by atoms with Gasteiger partial charge in [-0.1, -0.05) is 54.3 Å². The molecule has 0 aliphatic rings. The second-order valence-electron chi connectivity index (χ2n) is 5.12. The second kappa shape index (κ2) is 7.80. The van der Waals surface area contributed by atoms with Crippen LogP contribution >= 0.6 is 0 Å². The lowest BCUT2D eigenvalue weighted by Crippen LogP contribution is -2.24. The molecule has 1 N–H and O–H groups in total. The van der Waals surface area contributed by atoms with Crippen molar-refractivity contribution < 1.29 is 9.53 Å². The number of nitrogens with one attached hydrogen (secondary N) is 1. The molecule has 0 aliphatic carbocycles. The minimum Gasteiger partial charge on any atom is -0.445 e. The average molecular weight is 316 g/mol. The first kappa shape index (κ1) is 15.6. The van der Waals surface area contributed by atoms with Gasteiger partial charge in [0.1, 0.15) is 6.61 Å². The van der Waals surface area contributed by atoms with Crippen LogP contribution in [0, 0.1) is 11.8 Å². The third kappa shape index (κ3) is 4.11. The molecule has 0 saturated heterocycles. The van der Waals surface area contributed by atoms with Gasteiger partial charge in [-0.15, -0.1) is 0 Å². The fourth-order valence-electron chi connectivity index (χ4n) is 2.25. The summed E-state index contributed by atoms with van der Waals surface area (Å²) in [5.74, 6) is 5.99. The highest BCUT2D eigenvalue weighted by Gasteiger charge is 2.00. The fourth-order valence-corrected chi connectivity index (χ4v) is 2.25. The molecule has 0 aliphatic heterocycles. The lowest BCUT2D eigenvalue weighted by Gasteiger charge is -2.04. The molecular weight excluding hydrogens is 300 g/mol. The first-order chi connectivity index (χ1) is 11.8. The number of fused-ring (bicyclic) bond motifs is 1. The van der Waals surface area contributed by atoms with Gasteiger partial charge in [-0.3, -0.25) is 4.98 Å². The predicted molar refractivity (Wildman–Crippen MR) is 93.3 cm³/mol. The van der Waals surface area contributed by atoms with E-state index in [1.807, 2.05) is 54.6 Å². The van der Waals surface area contributed by atoms with E-state index in [0.717, 1.165) is 21.9 Å². The van der Waals surface area contributed by atoms with Crippen LogP contribution in [-0.4, -0.2) is 17.6 Å². The van der Waals surface area contributed by atoms with Crippen molar-refractivity contribution >= 4 is 16.9 Å². The van der Waals surface area contributed by atoms with Crippen LogP contribution in [-0.2, 0) is 11.3 Å². The highest BCUT2D eigenvalue weighted by atomic mass is 16.5. The van der Waals surface area contributed by atoms with Gasteiger partial charge >= 0.3 is 6.09 Å². The van der Waals surface area contributed by atoms with Gasteiger partial charge in [0.2, 0.25) is 0 Å². The highest BCUT2D eigenvalue weighted by molar-refractivity contribution is 5.87. The quantitative estimate of drug-likeness (QED) is 0.752. The zero-order valence-electron chi connectivity index (χ0n) is 13.0. The molecular formula is C20H16N2O2. The van der Waals surface area contributed by atoms with Crippen molar-refractivity contribution in [3.8, 4) is 11.8 Å². The summed E-state index contributed by atoms with van der Waals surface area (Å²) >= 11 is 0. The number of benzene rings is 2. The predicted octanol–water partition coefficient (Wildman–Crippen LogP) is 3.51. The summed E-state index contributed by atoms with van der Waals surface area (Å²) < 4.78 is 5.12. The molecule has 0 atom stereocenters. The summed E-state index contributed by atoms with van der Waals surface area (Å²) in [6.45, 7) is 0.472. The maximum absolute atomic E-state index is 11.6. The Hall–Kier alpha value is -3.32. The molecule has 0 saturated carbocycles. The Bertz CT molecular complexity index is 890. The summed E-state index contributed by atoms with van der Waals surface area (Å²) in [6.07, 6.45) is 3.07. The highest BCUT2D eigenvalue weighted by Crippen LogP contribution is 2.15. The first-order valence-electron chi connectivity index (χ1n) is 7.59. The fraction of sp³-hybridized carbons (Fsp3) is 0.100. The smallest absolute Gasteiger partial charge is 0.408 e. The van der Waals surface area contributed by atoms with Crippen LogP contribution in [0.3, 0.4) is 0 Å². The molecule has 0 spiro atoms. The topological polar surface area (TPSA) is 51.2 Å². The number of ether oxygens (including phenoxy) is 1. The Kier molecular flexibility index (Phi) is 5.06. The van der Waals surface area contributed by atoms with Crippen LogP contribution in [0.1, 0.15) is 11.1 Å². The lowest BCUT2D eigenvalue weighted by atomic mass is 10.1. The van der Waals surface area contributed by atoms with Crippen molar-refractivity contribution in [2.75, 3.05) is 6.54 Å². The Morgan fingerprint density at radius 1 is 1.08 bits per heavy atom. The number of carbonyl (C=O) groups is 1. The Morgan fingerprint density at radius 2 is 1.96 bits per heavy atom. The molecule has 0 radical (unpaired) electrons. The molecule has 1 aromatic heterocycles. The van der Waals surface area contributed by atoms with Crippen molar-refractivity contribution in [2.45, 2.75) is 6.61 Å². The van der Waals surface area contributed by atoms with Gasteiger partial charge in [0.05, 0.1) is 6.54 Å². The average Bonchev–Trinajstić information content (AvgIpc) is 2.64. The molecule has 3 rings (SSSR count). The normalized spacial score (nSPS) is 9.83. The van der Waals surface area contributed by atoms with E-state index in [4.69, 9.17) is 4.74 Å². The van der Waals surface area contributed by atoms with Crippen LogP contribution in [0.4, 0.5) is 4.79 Å². The van der Waals surface area contributed by atoms with Gasteiger partial charge in [0.25, 0.3) is 0 Å². The van der Waals surface area contributed by atoms with E-state index in [0.29, 0.717) is 0 Å². The third-order valence-electron chi connectivity index (χ3n) is 3.44. The monoisotopic (exact) mass is 316 g/mol. The Labute approximate surface area is 140 Å². The molecule has 24 heavy (non-hydrogen) atoms. The molecule has 1 heterocycles. The number of hydrogen-bond donors (Lipinski definition) is 1. The van der Waals surface area contributed by atoms with Crippen molar-refractivity contribution in [1.82, 2.24) is 10.3 Å². The summed E-state index contributed by atoms with van der Waals surface area (Å²) in [5.41, 5.74) is 1.84. The number of aromatic nitrogens is 1. The summed E-state index contributed by atoms with van der Waals surface area (Å²) in [4.78, 5) is 15.8. The third-order valence-corrected chi connectivity index (χ3v) is 3.44. The molecule has 3 aromatic rings. The number of amides is 1. The van der Waals surface area contributed by atoms with Crippen molar-refractivity contribution in [1.29, 1.82) is 0 Å². The summed E-state index contributed by atoms with van der Waals surface area (Å²) in [7, 11) is 0. The number of nitrogens with zero attached hydrogens (tertiary/aromatic N) is 1. The Balaban J connectivity index is 1.53. The Morgan fingerprint density at radius 3 is 2.83 bits per heavy atom. The standard InChI is InChI=1S/C20H16N2O2/c23-20(24-15-16-6-2-1-3-7-16)22-12-5-10-17-8-4-9-18-11-13-21-14-19(17)18/h1-4,6-9,11,13-14H,12,15H2,(H,22,23). The summed E-state index contributed by atoms with van der Waals surface area (Å²) in [5, 5.41) is 4.71. The molecule has 4 heteroatoms. The summed E-state index contributed by atoms with van der Waals surface area (Å²) in [6, 6.07) is 17.4. The SMILES string of the molecule is O=C(NCC#Cc1cccc2ccncc12)OCc1ccccc1. The van der Waals surface area contributed by atoms with E-state index in [1.54, 1.807) is 12.4 Å². The van der Waals surface area contributed by atoms with E-state index in [2.05, 4.69) is 22.1 Å². The molecule has 0 unspecified atom stereocenters. The van der Waals surface area contributed by atoms with E-state index >= 15 is 0 Å². The number of rotatable bonds is 3. The van der Waals surface area contributed by atoms with Crippen LogP contribution < -0.4 is 5.32 Å². The molecule has 0 bridgehead atoms. The van der Waals surface area contributed by atoms with E-state index in [9.17, 15) is 4.79 Å². The molecule has 4 nitrogen and oxygen atoms in total. The number of hydrogen-bond acceptors (Lipinski definition) is 3. The van der Waals surface area contributed by atoms with Crippen LogP contribution in [0.15, 0.2) is 67.0 Å². The van der Waals surface area contributed by atoms with Gasteiger partial charge in [-0.05, 0) is 23.1 Å². The zero-order valence-corrected chi connectivity index (χ0v) is 13.0. The van der Waals surface area contributed by atoms with Crippen molar-refractivity contribution in [3.63, 3.8) is 0 Å². The number of carbonyl (C=O) groups excluding carboxylic acids is 1. The van der Waals surface area contributed by atoms with E-state index in [1.165, 1.54) is 0 Å². The van der Waals surface area contributed by atoms with Crippen molar-refractivity contribution in [2.24, 2.45) is 0 Å². The molecule has 118 valence electrons. The minimum absolute atomic E-state index is 0.226. The first-order valence-corrected chi connectivity index (χ1v) is 7.59. The van der Waals surface area contributed by atoms with Gasteiger partial charge in [0, 0.05) is 23.3 Å². The minimum atomic E-state index is -0.479. The van der Waals surface area contributed by atoms with E-state index < -0.39 is 6.09 Å². The second-order valence-corrected chi connectivity index (χ2v) is 5.12. The van der Waals surface area contributed by atoms with Crippen LogP contribution in [0.2, 0.25) is 0 Å². The van der Waals surface area contributed by atoms with Gasteiger partial charge in [-0.25, -0.2) is 4.79 Å². The van der Waals surface area contributed by atoms with Crippen LogP contribution in [0.5, 0.6) is 0 Å². The lowest BCUT2D eigenvalue weighted by molar-refractivity contribution is 0.141. The number of alkyl carbamates (subject to hydrolysis) is 1. The van der Waals surface area contributed by atoms with Crippen LogP contribution in [0.25, 0.3) is 10.8 Å². The van der Waals surface area contributed by atoms with E-state index in [-0.39, 0.29) is 13.2 Å². The molecule has 1 amide bonds. The van der Waals surface area contributed by atoms with Gasteiger partial charge < -0.3 is 10.1 Å².